The van der Waals surface area contributed by atoms with Gasteiger partial charge < -0.3 is 20.3 Å². The third kappa shape index (κ3) is 65.6. The molecule has 3 N–H and O–H groups in total. The average molecular weight is 1110 g/mol. The number of aliphatic hydroxyl groups is 2. The summed E-state index contributed by atoms with van der Waals surface area (Å²) in [5, 5.41) is 23.4. The molecule has 0 aliphatic heterocycles. The summed E-state index contributed by atoms with van der Waals surface area (Å²) in [6, 6.07) is -0.544. The molecule has 0 rings (SSSR count). The lowest BCUT2D eigenvalue weighted by atomic mass is 10.0. The summed E-state index contributed by atoms with van der Waals surface area (Å²) in [5.74, 6) is -0.0157. The van der Waals surface area contributed by atoms with E-state index in [0.717, 1.165) is 38.5 Å². The summed E-state index contributed by atoms with van der Waals surface area (Å²) in [4.78, 5) is 24.6. The smallest absolute Gasteiger partial charge is 0.305 e. The number of esters is 1. The van der Waals surface area contributed by atoms with Gasteiger partial charge in [0.2, 0.25) is 5.91 Å². The number of aliphatic hydroxyl groups excluding tert-OH is 2. The summed E-state index contributed by atoms with van der Waals surface area (Å²) in [6.45, 7) is 5.00. The van der Waals surface area contributed by atoms with Gasteiger partial charge in [-0.3, -0.25) is 9.59 Å². The molecule has 0 aromatic heterocycles. The maximum absolute atomic E-state index is 12.6. The Bertz CT molecular complexity index is 1190. The molecule has 0 aromatic rings. The van der Waals surface area contributed by atoms with Crippen LogP contribution in [0.25, 0.3) is 0 Å². The number of nitrogens with one attached hydrogen (secondary N) is 1. The van der Waals surface area contributed by atoms with Gasteiger partial charge >= 0.3 is 5.97 Å². The predicted octanol–water partition coefficient (Wildman–Crippen LogP) is 23.5. The molecule has 0 aliphatic carbocycles. The third-order valence-corrected chi connectivity index (χ3v) is 17.3. The molecule has 0 fully saturated rings. The number of carbonyl (C=O) groups excluding carboxylic acids is 2. The van der Waals surface area contributed by atoms with Crippen LogP contribution in [0.1, 0.15) is 418 Å². The quantitative estimate of drug-likeness (QED) is 0.0320. The van der Waals surface area contributed by atoms with E-state index >= 15 is 0 Å². The van der Waals surface area contributed by atoms with E-state index < -0.39 is 12.1 Å². The summed E-state index contributed by atoms with van der Waals surface area (Å²) in [5.41, 5.74) is 0. The van der Waals surface area contributed by atoms with E-state index in [4.69, 9.17) is 4.74 Å². The highest BCUT2D eigenvalue weighted by atomic mass is 16.5. The number of hydrogen-bond donors (Lipinski definition) is 3. The fourth-order valence-corrected chi connectivity index (χ4v) is 11.8. The second-order valence-electron chi connectivity index (χ2n) is 25.3. The first kappa shape index (κ1) is 77.6. The molecule has 6 nitrogen and oxygen atoms in total. The fourth-order valence-electron chi connectivity index (χ4n) is 11.8. The van der Waals surface area contributed by atoms with E-state index in [1.807, 2.05) is 0 Å². The van der Waals surface area contributed by atoms with Crippen LogP contribution in [0.5, 0.6) is 0 Å². The van der Waals surface area contributed by atoms with Crippen LogP contribution < -0.4 is 5.32 Å². The van der Waals surface area contributed by atoms with Crippen LogP contribution in [0.15, 0.2) is 12.2 Å². The highest BCUT2D eigenvalue weighted by molar-refractivity contribution is 5.76. The van der Waals surface area contributed by atoms with E-state index in [-0.39, 0.29) is 18.5 Å². The lowest BCUT2D eigenvalue weighted by Gasteiger charge is -2.22. The van der Waals surface area contributed by atoms with Gasteiger partial charge in [0, 0.05) is 12.8 Å². The van der Waals surface area contributed by atoms with Crippen LogP contribution in [0.2, 0.25) is 0 Å². The monoisotopic (exact) mass is 1110 g/mol. The van der Waals surface area contributed by atoms with Gasteiger partial charge in [0.05, 0.1) is 25.4 Å². The lowest BCUT2D eigenvalue weighted by Crippen LogP contribution is -2.45. The van der Waals surface area contributed by atoms with Crippen molar-refractivity contribution >= 4 is 11.9 Å². The first-order valence-corrected chi connectivity index (χ1v) is 36.4. The van der Waals surface area contributed by atoms with Crippen molar-refractivity contribution in [1.29, 1.82) is 0 Å². The first-order chi connectivity index (χ1) is 39.0. The zero-order chi connectivity index (χ0) is 57.1. The Hall–Kier alpha value is -1.40. The second kappa shape index (κ2) is 69.1. The van der Waals surface area contributed by atoms with E-state index in [1.54, 1.807) is 0 Å². The van der Waals surface area contributed by atoms with Crippen molar-refractivity contribution in [3.63, 3.8) is 0 Å². The van der Waals surface area contributed by atoms with Gasteiger partial charge in [0.25, 0.3) is 0 Å². The largest absolute Gasteiger partial charge is 0.466 e. The van der Waals surface area contributed by atoms with Crippen molar-refractivity contribution in [3.05, 3.63) is 12.2 Å². The molecule has 0 saturated heterocycles. The number of hydrogen-bond acceptors (Lipinski definition) is 5. The minimum Gasteiger partial charge on any atom is -0.466 e. The minimum atomic E-state index is -0.667. The van der Waals surface area contributed by atoms with Crippen LogP contribution in [0.3, 0.4) is 0 Å². The van der Waals surface area contributed by atoms with E-state index in [0.29, 0.717) is 25.9 Å². The maximum Gasteiger partial charge on any atom is 0.305 e. The van der Waals surface area contributed by atoms with Crippen LogP contribution in [-0.2, 0) is 14.3 Å². The minimum absolute atomic E-state index is 0.0170. The lowest BCUT2D eigenvalue weighted by molar-refractivity contribution is -0.143. The molecule has 2 unspecified atom stereocenters. The molecule has 1 amide bonds. The highest BCUT2D eigenvalue weighted by Crippen LogP contribution is 2.19. The number of amides is 1. The zero-order valence-electron chi connectivity index (χ0n) is 53.9. The van der Waals surface area contributed by atoms with Crippen molar-refractivity contribution < 1.29 is 24.5 Å². The number of ether oxygens (including phenoxy) is 1. The topological polar surface area (TPSA) is 95.9 Å². The SMILES string of the molecule is CCCCCCCCCCCCCCCCCCCCCCCCCC(O)C(CO)NC(=O)CCCCCCCCCCC/C=C\CCCCCCCCCCCCCCOC(=O)CCCCCCCCCCCCCCCC. The van der Waals surface area contributed by atoms with Gasteiger partial charge in [0.15, 0.2) is 0 Å². The predicted molar refractivity (Wildman–Crippen MR) is 347 cm³/mol. The van der Waals surface area contributed by atoms with Crippen molar-refractivity contribution in [2.75, 3.05) is 13.2 Å². The Morgan fingerprint density at radius 2 is 0.595 bits per heavy atom. The highest BCUT2D eigenvalue weighted by Gasteiger charge is 2.20. The maximum atomic E-state index is 12.6. The molecule has 0 spiro atoms. The van der Waals surface area contributed by atoms with Gasteiger partial charge in [-0.05, 0) is 51.4 Å². The standard InChI is InChI=1S/C73H143NO5/c1-3-5-7-9-11-13-15-17-19-20-21-22-26-29-32-35-38-41-45-49-53-57-61-65-71(76)70(69-75)74-72(77)66-62-58-54-50-46-42-39-36-33-30-27-24-23-25-28-31-34-37-40-44-48-52-56-60-64-68-79-73(78)67-63-59-55-51-47-43-18-16-14-12-10-8-6-4-2/h24,27,70-71,75-76H,3-23,25-26,28-69H2,1-2H3,(H,74,77)/b27-24-. The molecular weight excluding hydrogens is 971 g/mol. The first-order valence-electron chi connectivity index (χ1n) is 36.4. The Labute approximate surface area is 495 Å². The second-order valence-corrected chi connectivity index (χ2v) is 25.3. The van der Waals surface area contributed by atoms with E-state index in [9.17, 15) is 19.8 Å². The summed E-state index contributed by atoms with van der Waals surface area (Å²) >= 11 is 0. The van der Waals surface area contributed by atoms with Crippen molar-refractivity contribution in [1.82, 2.24) is 5.32 Å². The molecule has 470 valence electrons. The van der Waals surface area contributed by atoms with Crippen LogP contribution in [-0.4, -0.2) is 47.4 Å². The number of carbonyl (C=O) groups is 2. The summed E-state index contributed by atoms with van der Waals surface area (Å²) in [6.07, 6.45) is 85.5. The summed E-state index contributed by atoms with van der Waals surface area (Å²) in [7, 11) is 0. The van der Waals surface area contributed by atoms with Crippen LogP contribution >= 0.6 is 0 Å². The van der Waals surface area contributed by atoms with Gasteiger partial charge in [-0.1, -0.05) is 366 Å². The Morgan fingerprint density at radius 3 is 0.899 bits per heavy atom. The molecule has 6 heteroatoms. The van der Waals surface area contributed by atoms with Gasteiger partial charge in [-0.25, -0.2) is 0 Å². The number of allylic oxidation sites excluding steroid dienone is 2. The van der Waals surface area contributed by atoms with Gasteiger partial charge in [0.1, 0.15) is 0 Å². The van der Waals surface area contributed by atoms with Gasteiger partial charge in [-0.15, -0.1) is 0 Å². The third-order valence-electron chi connectivity index (χ3n) is 17.3. The number of unbranched alkanes of at least 4 members (excludes halogenated alkanes) is 56. The van der Waals surface area contributed by atoms with E-state index in [1.165, 1.54) is 347 Å². The fraction of sp³-hybridized carbons (Fsp3) is 0.945. The molecule has 0 bridgehead atoms. The molecule has 0 heterocycles. The molecule has 0 radical (unpaired) electrons. The summed E-state index contributed by atoms with van der Waals surface area (Å²) < 4.78 is 5.49. The molecule has 79 heavy (non-hydrogen) atoms. The van der Waals surface area contributed by atoms with Crippen LogP contribution in [0, 0.1) is 0 Å². The zero-order valence-corrected chi connectivity index (χ0v) is 53.9. The van der Waals surface area contributed by atoms with Crippen LogP contribution in [0.4, 0.5) is 0 Å². The average Bonchev–Trinajstić information content (AvgIpc) is 3.45. The molecule has 2 atom stereocenters. The van der Waals surface area contributed by atoms with Crippen molar-refractivity contribution in [2.45, 2.75) is 431 Å². The van der Waals surface area contributed by atoms with Crippen molar-refractivity contribution in [3.8, 4) is 0 Å². The van der Waals surface area contributed by atoms with Crippen molar-refractivity contribution in [2.24, 2.45) is 0 Å². The Morgan fingerprint density at radius 1 is 0.342 bits per heavy atom. The molecule has 0 saturated carbocycles. The van der Waals surface area contributed by atoms with Gasteiger partial charge in [-0.2, -0.15) is 0 Å². The Kier molecular flexibility index (Phi) is 67.9. The van der Waals surface area contributed by atoms with E-state index in [2.05, 4.69) is 31.3 Å². The molecule has 0 aliphatic rings. The Balaban J connectivity index is 3.39. The molecular formula is C73H143NO5. The molecule has 0 aromatic carbocycles. The normalized spacial score (nSPS) is 12.5. The number of rotatable bonds is 69.